The van der Waals surface area contributed by atoms with Gasteiger partial charge >= 0.3 is 5.97 Å². The fraction of sp³-hybridized carbons (Fsp3) is 0.538. The van der Waals surface area contributed by atoms with Crippen LogP contribution in [0.3, 0.4) is 0 Å². The zero-order chi connectivity index (χ0) is 13.2. The minimum absolute atomic E-state index is 0.00900. The fourth-order valence-corrected chi connectivity index (χ4v) is 2.34. The predicted molar refractivity (Wildman–Crippen MR) is 66.4 cm³/mol. The third-order valence-electron chi connectivity index (χ3n) is 2.96. The SMILES string of the molecule is Cc1cc(=O)cc(C)n1C(C)(C)CCC(=O)O. The molecule has 0 bridgehead atoms. The van der Waals surface area contributed by atoms with Crippen LogP contribution in [0.2, 0.25) is 0 Å². The Bertz CT molecular complexity index is 460. The van der Waals surface area contributed by atoms with Crippen LogP contribution in [0.25, 0.3) is 0 Å². The third-order valence-corrected chi connectivity index (χ3v) is 2.96. The molecular formula is C13H19NO3. The van der Waals surface area contributed by atoms with Gasteiger partial charge in [-0.15, -0.1) is 0 Å². The Labute approximate surface area is 101 Å². The van der Waals surface area contributed by atoms with E-state index in [1.807, 2.05) is 32.3 Å². The Morgan fingerprint density at radius 2 is 1.76 bits per heavy atom. The van der Waals surface area contributed by atoms with Crippen molar-refractivity contribution in [1.82, 2.24) is 4.57 Å². The van der Waals surface area contributed by atoms with Gasteiger partial charge in [-0.2, -0.15) is 0 Å². The molecule has 0 aliphatic carbocycles. The standard InChI is InChI=1S/C13H19NO3/c1-9-7-11(15)8-10(2)14(9)13(3,4)6-5-12(16)17/h7-8H,5-6H2,1-4H3,(H,16,17). The van der Waals surface area contributed by atoms with Gasteiger partial charge in [0.15, 0.2) is 5.43 Å². The second-order valence-corrected chi connectivity index (χ2v) is 5.02. The van der Waals surface area contributed by atoms with Crippen molar-refractivity contribution in [3.8, 4) is 0 Å². The number of pyridine rings is 1. The highest BCUT2D eigenvalue weighted by Crippen LogP contribution is 2.24. The lowest BCUT2D eigenvalue weighted by Crippen LogP contribution is -2.31. The summed E-state index contributed by atoms with van der Waals surface area (Å²) < 4.78 is 2.03. The van der Waals surface area contributed by atoms with Gasteiger partial charge in [-0.1, -0.05) is 0 Å². The Hall–Kier alpha value is -1.58. The maximum Gasteiger partial charge on any atom is 0.303 e. The second-order valence-electron chi connectivity index (χ2n) is 5.02. The van der Waals surface area contributed by atoms with E-state index < -0.39 is 5.97 Å². The van der Waals surface area contributed by atoms with Gasteiger partial charge in [-0.3, -0.25) is 9.59 Å². The van der Waals surface area contributed by atoms with E-state index in [4.69, 9.17) is 5.11 Å². The van der Waals surface area contributed by atoms with Crippen LogP contribution in [0.15, 0.2) is 16.9 Å². The van der Waals surface area contributed by atoms with E-state index in [2.05, 4.69) is 0 Å². The van der Waals surface area contributed by atoms with Crippen LogP contribution < -0.4 is 5.43 Å². The molecule has 0 aromatic carbocycles. The molecule has 0 aliphatic rings. The van der Waals surface area contributed by atoms with Crippen molar-refractivity contribution >= 4 is 5.97 Å². The van der Waals surface area contributed by atoms with E-state index in [0.29, 0.717) is 6.42 Å². The molecule has 4 nitrogen and oxygen atoms in total. The van der Waals surface area contributed by atoms with Crippen molar-refractivity contribution in [3.63, 3.8) is 0 Å². The molecule has 1 aromatic rings. The summed E-state index contributed by atoms with van der Waals surface area (Å²) in [6, 6.07) is 3.16. The molecule has 1 heterocycles. The maximum atomic E-state index is 11.3. The largest absolute Gasteiger partial charge is 0.481 e. The molecule has 1 rings (SSSR count). The number of aryl methyl sites for hydroxylation is 2. The summed E-state index contributed by atoms with van der Waals surface area (Å²) in [4.78, 5) is 22.0. The van der Waals surface area contributed by atoms with Crippen molar-refractivity contribution in [1.29, 1.82) is 0 Å². The average Bonchev–Trinajstić information content (AvgIpc) is 2.12. The number of carboxylic acids is 1. The molecule has 1 N–H and O–H groups in total. The number of aromatic nitrogens is 1. The molecule has 0 spiro atoms. The lowest BCUT2D eigenvalue weighted by Gasteiger charge is -2.32. The van der Waals surface area contributed by atoms with Crippen LogP contribution in [-0.4, -0.2) is 15.6 Å². The molecule has 0 saturated carbocycles. The van der Waals surface area contributed by atoms with Gasteiger partial charge < -0.3 is 9.67 Å². The number of nitrogens with zero attached hydrogens (tertiary/aromatic N) is 1. The smallest absolute Gasteiger partial charge is 0.303 e. The molecule has 0 radical (unpaired) electrons. The summed E-state index contributed by atoms with van der Waals surface area (Å²) in [5.41, 5.74) is 1.42. The van der Waals surface area contributed by atoms with Crippen LogP contribution in [0.1, 0.15) is 38.1 Å². The van der Waals surface area contributed by atoms with E-state index >= 15 is 0 Å². The monoisotopic (exact) mass is 237 g/mol. The predicted octanol–water partition coefficient (Wildman–Crippen LogP) is 2.07. The van der Waals surface area contributed by atoms with Gasteiger partial charge in [0.25, 0.3) is 0 Å². The first-order valence-corrected chi connectivity index (χ1v) is 5.66. The normalized spacial score (nSPS) is 11.5. The molecule has 0 aliphatic heterocycles. The van der Waals surface area contributed by atoms with Crippen LogP contribution in [0, 0.1) is 13.8 Å². The Balaban J connectivity index is 3.14. The highest BCUT2D eigenvalue weighted by molar-refractivity contribution is 5.66. The lowest BCUT2D eigenvalue weighted by molar-refractivity contribution is -0.137. The van der Waals surface area contributed by atoms with Gasteiger partial charge in [0.2, 0.25) is 0 Å². The van der Waals surface area contributed by atoms with Crippen LogP contribution in [0.5, 0.6) is 0 Å². The number of aliphatic carboxylic acids is 1. The number of carbonyl (C=O) groups is 1. The van der Waals surface area contributed by atoms with Crippen LogP contribution in [0.4, 0.5) is 0 Å². The third kappa shape index (κ3) is 3.19. The Morgan fingerprint density at radius 1 is 1.29 bits per heavy atom. The maximum absolute atomic E-state index is 11.3. The topological polar surface area (TPSA) is 59.3 Å². The average molecular weight is 237 g/mol. The minimum Gasteiger partial charge on any atom is -0.481 e. The number of carboxylic acid groups (broad SMARTS) is 1. The molecule has 0 atom stereocenters. The van der Waals surface area contributed by atoms with E-state index in [-0.39, 0.29) is 17.4 Å². The summed E-state index contributed by atoms with van der Waals surface area (Å²) in [7, 11) is 0. The van der Waals surface area contributed by atoms with Gasteiger partial charge in [0.1, 0.15) is 0 Å². The quantitative estimate of drug-likeness (QED) is 0.872. The van der Waals surface area contributed by atoms with Crippen molar-refractivity contribution < 1.29 is 9.90 Å². The van der Waals surface area contributed by atoms with Crippen molar-refractivity contribution in [2.45, 2.75) is 46.1 Å². The first-order valence-electron chi connectivity index (χ1n) is 5.66. The summed E-state index contributed by atoms with van der Waals surface area (Å²) in [6.07, 6.45) is 0.658. The lowest BCUT2D eigenvalue weighted by atomic mass is 9.96. The molecule has 0 amide bonds. The van der Waals surface area contributed by atoms with Crippen LogP contribution >= 0.6 is 0 Å². The summed E-state index contributed by atoms with van der Waals surface area (Å²) in [6.45, 7) is 7.72. The zero-order valence-corrected chi connectivity index (χ0v) is 10.8. The molecule has 1 aromatic heterocycles. The first-order chi connectivity index (χ1) is 7.74. The number of rotatable bonds is 4. The van der Waals surface area contributed by atoms with E-state index in [1.54, 1.807) is 12.1 Å². The number of hydrogen-bond acceptors (Lipinski definition) is 2. The van der Waals surface area contributed by atoms with Crippen molar-refractivity contribution in [2.75, 3.05) is 0 Å². The van der Waals surface area contributed by atoms with Gasteiger partial charge in [0, 0.05) is 35.5 Å². The Kier molecular flexibility index (Phi) is 3.76. The highest BCUT2D eigenvalue weighted by atomic mass is 16.4. The summed E-state index contributed by atoms with van der Waals surface area (Å²) in [5, 5.41) is 8.75. The molecule has 0 fully saturated rings. The zero-order valence-electron chi connectivity index (χ0n) is 10.8. The molecule has 94 valence electrons. The number of hydrogen-bond donors (Lipinski definition) is 1. The van der Waals surface area contributed by atoms with E-state index in [1.165, 1.54) is 0 Å². The highest BCUT2D eigenvalue weighted by Gasteiger charge is 2.23. The van der Waals surface area contributed by atoms with E-state index in [0.717, 1.165) is 11.4 Å². The summed E-state index contributed by atoms with van der Waals surface area (Å²) in [5.74, 6) is -0.797. The van der Waals surface area contributed by atoms with Gasteiger partial charge in [-0.25, -0.2) is 0 Å². The summed E-state index contributed by atoms with van der Waals surface area (Å²) >= 11 is 0. The van der Waals surface area contributed by atoms with E-state index in [9.17, 15) is 9.59 Å². The van der Waals surface area contributed by atoms with Crippen molar-refractivity contribution in [3.05, 3.63) is 33.7 Å². The Morgan fingerprint density at radius 3 is 2.18 bits per heavy atom. The molecule has 17 heavy (non-hydrogen) atoms. The molecule has 0 saturated heterocycles. The minimum atomic E-state index is -0.797. The van der Waals surface area contributed by atoms with Crippen molar-refractivity contribution in [2.24, 2.45) is 0 Å². The van der Waals surface area contributed by atoms with Gasteiger partial charge in [-0.05, 0) is 34.1 Å². The second kappa shape index (κ2) is 4.73. The first kappa shape index (κ1) is 13.5. The van der Waals surface area contributed by atoms with Crippen LogP contribution in [-0.2, 0) is 10.3 Å². The molecule has 0 unspecified atom stereocenters. The van der Waals surface area contributed by atoms with Gasteiger partial charge in [0.05, 0.1) is 0 Å². The molecule has 4 heteroatoms. The fourth-order valence-electron chi connectivity index (χ4n) is 2.34. The molecular weight excluding hydrogens is 218 g/mol.